The van der Waals surface area contributed by atoms with Gasteiger partial charge in [0.2, 0.25) is 0 Å². The molecule has 1 amide bonds. The molecule has 1 aromatic heterocycles. The fourth-order valence-corrected chi connectivity index (χ4v) is 4.21. The largest absolute Gasteiger partial charge is 0.488 e. The second kappa shape index (κ2) is 9.40. The first kappa shape index (κ1) is 21.2. The highest BCUT2D eigenvalue weighted by molar-refractivity contribution is 6.00. The molecule has 5 heteroatoms. The highest BCUT2D eigenvalue weighted by Crippen LogP contribution is 2.31. The smallest absolute Gasteiger partial charge is 0.270 e. The summed E-state index contributed by atoms with van der Waals surface area (Å²) in [6.07, 6.45) is 4.14. The van der Waals surface area contributed by atoms with Crippen LogP contribution in [0, 0.1) is 0 Å². The van der Waals surface area contributed by atoms with Gasteiger partial charge < -0.3 is 18.9 Å². The van der Waals surface area contributed by atoms with Gasteiger partial charge in [-0.2, -0.15) is 0 Å². The zero-order valence-corrected chi connectivity index (χ0v) is 18.5. The summed E-state index contributed by atoms with van der Waals surface area (Å²) >= 11 is 0. The average molecular weight is 419 g/mol. The number of carbonyl (C=O) groups excluding carboxylic acids is 1. The molecule has 2 heterocycles. The van der Waals surface area contributed by atoms with Crippen molar-refractivity contribution in [3.63, 3.8) is 0 Å². The number of morpholine rings is 1. The number of nitrogens with zero attached hydrogens (tertiary/aromatic N) is 2. The van der Waals surface area contributed by atoms with Gasteiger partial charge in [0.1, 0.15) is 18.1 Å². The second-order valence-corrected chi connectivity index (χ2v) is 8.14. The third-order valence-electron chi connectivity index (χ3n) is 5.59. The molecule has 2 atom stereocenters. The summed E-state index contributed by atoms with van der Waals surface area (Å²) in [5, 5.41) is 0.959. The standard InChI is InChI=1S/C26H30N2O3/c1-4-5-14-28-23-12-9-13-25(30-18-21-10-7-6-8-11-21)22(23)15-24(28)26(29)27-16-19(2)31-20(3)17-27/h4-13,15,19-20H,14,16-18H2,1-3H3/b5-4-. The number of amides is 1. The first-order valence-corrected chi connectivity index (χ1v) is 10.9. The van der Waals surface area contributed by atoms with Crippen LogP contribution >= 0.6 is 0 Å². The summed E-state index contributed by atoms with van der Waals surface area (Å²) in [4.78, 5) is 15.4. The second-order valence-electron chi connectivity index (χ2n) is 8.14. The van der Waals surface area contributed by atoms with Crippen LogP contribution in [0.4, 0.5) is 0 Å². The van der Waals surface area contributed by atoms with E-state index in [0.29, 0.717) is 31.9 Å². The third-order valence-corrected chi connectivity index (χ3v) is 5.59. The van der Waals surface area contributed by atoms with Gasteiger partial charge in [0.25, 0.3) is 5.91 Å². The maximum absolute atomic E-state index is 13.5. The van der Waals surface area contributed by atoms with E-state index in [1.54, 1.807) is 0 Å². The zero-order chi connectivity index (χ0) is 21.8. The quantitative estimate of drug-likeness (QED) is 0.527. The van der Waals surface area contributed by atoms with E-state index in [9.17, 15) is 4.79 Å². The van der Waals surface area contributed by atoms with Gasteiger partial charge in [-0.3, -0.25) is 4.79 Å². The van der Waals surface area contributed by atoms with E-state index in [4.69, 9.17) is 9.47 Å². The van der Waals surface area contributed by atoms with Crippen LogP contribution in [0.25, 0.3) is 10.9 Å². The fourth-order valence-electron chi connectivity index (χ4n) is 4.21. The molecule has 3 aromatic rings. The van der Waals surface area contributed by atoms with Gasteiger partial charge in [0.05, 0.1) is 17.7 Å². The Morgan fingerprint density at radius 2 is 1.84 bits per heavy atom. The molecule has 4 rings (SSSR count). The van der Waals surface area contributed by atoms with Crippen LogP contribution in [0.1, 0.15) is 36.8 Å². The highest BCUT2D eigenvalue weighted by atomic mass is 16.5. The van der Waals surface area contributed by atoms with Crippen LogP contribution in [0.5, 0.6) is 5.75 Å². The summed E-state index contributed by atoms with van der Waals surface area (Å²) in [5.41, 5.74) is 2.80. The van der Waals surface area contributed by atoms with Crippen LogP contribution in [-0.2, 0) is 17.9 Å². The number of allylic oxidation sites excluding steroid dienone is 2. The van der Waals surface area contributed by atoms with E-state index in [1.807, 2.05) is 80.3 Å². The first-order chi connectivity index (χ1) is 15.1. The van der Waals surface area contributed by atoms with E-state index in [2.05, 4.69) is 16.7 Å². The Balaban J connectivity index is 1.69. The van der Waals surface area contributed by atoms with Crippen molar-refractivity contribution in [2.45, 2.75) is 46.1 Å². The monoisotopic (exact) mass is 418 g/mol. The molecule has 2 aromatic carbocycles. The minimum Gasteiger partial charge on any atom is -0.488 e. The number of benzene rings is 2. The van der Waals surface area contributed by atoms with Gasteiger partial charge >= 0.3 is 0 Å². The van der Waals surface area contributed by atoms with Gasteiger partial charge in [0.15, 0.2) is 0 Å². The Labute approximate surface area is 183 Å². The van der Waals surface area contributed by atoms with E-state index >= 15 is 0 Å². The van der Waals surface area contributed by atoms with Crippen molar-refractivity contribution in [3.8, 4) is 5.75 Å². The Kier molecular flexibility index (Phi) is 6.42. The Hall–Kier alpha value is -3.05. The topological polar surface area (TPSA) is 43.7 Å². The van der Waals surface area contributed by atoms with E-state index in [0.717, 1.165) is 22.2 Å². The van der Waals surface area contributed by atoms with Gasteiger partial charge in [-0.25, -0.2) is 0 Å². The number of carbonyl (C=O) groups is 1. The average Bonchev–Trinajstić information content (AvgIpc) is 3.14. The molecule has 1 fully saturated rings. The van der Waals surface area contributed by atoms with Gasteiger partial charge in [-0.05, 0) is 44.5 Å². The molecular weight excluding hydrogens is 388 g/mol. The maximum Gasteiger partial charge on any atom is 0.270 e. The Morgan fingerprint density at radius 3 is 2.55 bits per heavy atom. The van der Waals surface area contributed by atoms with Crippen LogP contribution in [-0.4, -0.2) is 40.7 Å². The van der Waals surface area contributed by atoms with Crippen molar-refractivity contribution >= 4 is 16.8 Å². The molecule has 0 bridgehead atoms. The van der Waals surface area contributed by atoms with Crippen molar-refractivity contribution < 1.29 is 14.3 Å². The number of fused-ring (bicyclic) bond motifs is 1. The van der Waals surface area contributed by atoms with E-state index in [1.165, 1.54) is 0 Å². The lowest BCUT2D eigenvalue weighted by atomic mass is 10.2. The molecule has 0 N–H and O–H groups in total. The summed E-state index contributed by atoms with van der Waals surface area (Å²) in [5.74, 6) is 0.829. The van der Waals surface area contributed by atoms with Crippen LogP contribution in [0.2, 0.25) is 0 Å². The lowest BCUT2D eigenvalue weighted by molar-refractivity contribution is -0.0588. The lowest BCUT2D eigenvalue weighted by Gasteiger charge is -2.35. The third kappa shape index (κ3) is 4.67. The molecule has 1 saturated heterocycles. The lowest BCUT2D eigenvalue weighted by Crippen LogP contribution is -2.48. The number of hydrogen-bond acceptors (Lipinski definition) is 3. The minimum atomic E-state index is 0.0332. The highest BCUT2D eigenvalue weighted by Gasteiger charge is 2.29. The van der Waals surface area contributed by atoms with E-state index in [-0.39, 0.29) is 18.1 Å². The van der Waals surface area contributed by atoms with Crippen molar-refractivity contribution in [2.24, 2.45) is 0 Å². The molecule has 31 heavy (non-hydrogen) atoms. The Bertz CT molecular complexity index is 1060. The predicted molar refractivity (Wildman–Crippen MR) is 123 cm³/mol. The Morgan fingerprint density at radius 1 is 1.10 bits per heavy atom. The molecule has 0 radical (unpaired) electrons. The normalized spacial score (nSPS) is 19.3. The molecule has 2 unspecified atom stereocenters. The summed E-state index contributed by atoms with van der Waals surface area (Å²) in [6, 6.07) is 18.1. The van der Waals surface area contributed by atoms with Crippen LogP contribution in [0.3, 0.4) is 0 Å². The summed E-state index contributed by atoms with van der Waals surface area (Å²) in [7, 11) is 0. The van der Waals surface area contributed by atoms with Gasteiger partial charge in [-0.15, -0.1) is 0 Å². The molecule has 0 spiro atoms. The molecule has 5 nitrogen and oxygen atoms in total. The maximum atomic E-state index is 13.5. The molecule has 0 aliphatic carbocycles. The molecule has 1 aliphatic heterocycles. The number of ether oxygens (including phenoxy) is 2. The van der Waals surface area contributed by atoms with Crippen molar-refractivity contribution in [1.29, 1.82) is 0 Å². The van der Waals surface area contributed by atoms with Crippen molar-refractivity contribution in [2.75, 3.05) is 13.1 Å². The predicted octanol–water partition coefficient (Wildman–Crippen LogP) is 5.05. The first-order valence-electron chi connectivity index (χ1n) is 10.9. The number of rotatable bonds is 6. The molecule has 162 valence electrons. The van der Waals surface area contributed by atoms with Gasteiger partial charge in [0, 0.05) is 25.0 Å². The zero-order valence-electron chi connectivity index (χ0n) is 18.5. The fraction of sp³-hybridized carbons (Fsp3) is 0.346. The van der Waals surface area contributed by atoms with E-state index < -0.39 is 0 Å². The minimum absolute atomic E-state index is 0.0332. The van der Waals surface area contributed by atoms with Crippen LogP contribution in [0.15, 0.2) is 66.7 Å². The molecular formula is C26H30N2O3. The summed E-state index contributed by atoms with van der Waals surface area (Å²) in [6.45, 7) is 8.35. The summed E-state index contributed by atoms with van der Waals surface area (Å²) < 4.78 is 14.1. The SMILES string of the molecule is C/C=C\Cn1c(C(=O)N2CC(C)OC(C)C2)cc2c(OCc3ccccc3)cccc21. The number of aromatic nitrogens is 1. The molecule has 1 aliphatic rings. The van der Waals surface area contributed by atoms with Gasteiger partial charge in [-0.1, -0.05) is 48.6 Å². The molecule has 0 saturated carbocycles. The number of hydrogen-bond donors (Lipinski definition) is 0. The van der Waals surface area contributed by atoms with Crippen LogP contribution < -0.4 is 4.74 Å². The van der Waals surface area contributed by atoms with Crippen molar-refractivity contribution in [3.05, 3.63) is 78.0 Å². The van der Waals surface area contributed by atoms with Crippen molar-refractivity contribution in [1.82, 2.24) is 9.47 Å².